The molecule has 2 N–H and O–H groups in total. The van der Waals surface area contributed by atoms with Crippen LogP contribution in [-0.2, 0) is 16.3 Å². The number of aliphatic hydroxyl groups is 1. The summed E-state index contributed by atoms with van der Waals surface area (Å²) in [7, 11) is -2.03. The molecule has 0 spiro atoms. The van der Waals surface area contributed by atoms with Gasteiger partial charge in [-0.05, 0) is 67.1 Å². The van der Waals surface area contributed by atoms with E-state index in [-0.39, 0.29) is 28.8 Å². The average Bonchev–Trinajstić information content (AvgIpc) is 2.81. The molecule has 0 saturated carbocycles. The van der Waals surface area contributed by atoms with Crippen LogP contribution in [0.1, 0.15) is 5.56 Å². The van der Waals surface area contributed by atoms with E-state index in [1.54, 1.807) is 36.4 Å². The van der Waals surface area contributed by atoms with Crippen molar-refractivity contribution in [3.8, 4) is 11.5 Å². The molecule has 0 saturated heterocycles. The number of para-hydroxylation sites is 1. The van der Waals surface area contributed by atoms with Crippen molar-refractivity contribution in [3.05, 3.63) is 84.4 Å². The van der Waals surface area contributed by atoms with Gasteiger partial charge in [0.2, 0.25) is 9.84 Å². The number of methoxy groups -OCH3 is 1. The fraction of sp³-hybridized carbons (Fsp3) is 0.250. The molecule has 0 bridgehead atoms. The number of sulfone groups is 1. The zero-order valence-electron chi connectivity index (χ0n) is 17.8. The number of hydrogen-bond donors (Lipinski definition) is 2. The van der Waals surface area contributed by atoms with Gasteiger partial charge in [-0.3, -0.25) is 0 Å². The van der Waals surface area contributed by atoms with Gasteiger partial charge in [-0.25, -0.2) is 8.42 Å². The Morgan fingerprint density at radius 1 is 0.875 bits per heavy atom. The molecule has 1 unspecified atom stereocenters. The summed E-state index contributed by atoms with van der Waals surface area (Å²) in [6.45, 7) is 1.29. The highest BCUT2D eigenvalue weighted by Gasteiger charge is 2.17. The second kappa shape index (κ2) is 12.5. The van der Waals surface area contributed by atoms with Crippen molar-refractivity contribution in [2.24, 2.45) is 0 Å². The summed E-state index contributed by atoms with van der Waals surface area (Å²) in [5.41, 5.74) is 1.01. The van der Waals surface area contributed by atoms with Gasteiger partial charge >= 0.3 is 0 Å². The fourth-order valence-electron chi connectivity index (χ4n) is 3.00. The maximum atomic E-state index is 12.8. The van der Waals surface area contributed by atoms with Crippen LogP contribution in [0.3, 0.4) is 0 Å². The first kappa shape index (κ1) is 25.7. The first-order valence-corrected chi connectivity index (χ1v) is 11.5. The third kappa shape index (κ3) is 7.24. The molecule has 0 heterocycles. The summed E-state index contributed by atoms with van der Waals surface area (Å²) < 4.78 is 36.1. The Morgan fingerprint density at radius 3 is 2.06 bits per heavy atom. The molecule has 8 heteroatoms. The maximum absolute atomic E-state index is 12.8. The molecule has 0 aliphatic rings. The molecule has 3 aromatic rings. The van der Waals surface area contributed by atoms with Crippen molar-refractivity contribution in [3.63, 3.8) is 0 Å². The van der Waals surface area contributed by atoms with Crippen molar-refractivity contribution in [2.45, 2.75) is 22.3 Å². The summed E-state index contributed by atoms with van der Waals surface area (Å²) in [6.07, 6.45) is 0.104. The van der Waals surface area contributed by atoms with Crippen molar-refractivity contribution in [2.75, 3.05) is 26.8 Å². The third-order valence-electron chi connectivity index (χ3n) is 4.76. The number of rotatable bonds is 11. The molecule has 172 valence electrons. The fourth-order valence-corrected chi connectivity index (χ4v) is 4.26. The Bertz CT molecular complexity index is 1040. The molecule has 3 rings (SSSR count). The summed E-state index contributed by atoms with van der Waals surface area (Å²) in [5.74, 6) is 1.34. The smallest absolute Gasteiger partial charge is 0.206 e. The Labute approximate surface area is 195 Å². The second-order valence-electron chi connectivity index (χ2n) is 7.05. The van der Waals surface area contributed by atoms with Crippen LogP contribution in [0, 0.1) is 0 Å². The molecular weight excluding hydrogens is 450 g/mol. The molecule has 0 radical (unpaired) electrons. The quantitative estimate of drug-likeness (QED) is 0.411. The monoisotopic (exact) mass is 477 g/mol. The summed E-state index contributed by atoms with van der Waals surface area (Å²) in [4.78, 5) is 0.484. The van der Waals surface area contributed by atoms with Gasteiger partial charge < -0.3 is 19.9 Å². The van der Waals surface area contributed by atoms with E-state index in [1.807, 2.05) is 42.5 Å². The number of ether oxygens (including phenoxy) is 2. The lowest BCUT2D eigenvalue weighted by Gasteiger charge is -2.13. The molecule has 6 nitrogen and oxygen atoms in total. The SMILES string of the molecule is COc1ccc(S(=O)(=O)c2ccc(CCNCC(O)COc3ccccc3)cc2)cc1.Cl. The first-order chi connectivity index (χ1) is 15.0. The highest BCUT2D eigenvalue weighted by molar-refractivity contribution is 7.91. The topological polar surface area (TPSA) is 84.9 Å². The first-order valence-electron chi connectivity index (χ1n) is 10.0. The van der Waals surface area contributed by atoms with Crippen molar-refractivity contribution in [1.29, 1.82) is 0 Å². The standard InChI is InChI=1S/C24H27NO5S.ClH/c1-29-21-9-13-24(14-10-21)31(27,28)23-11-7-19(8-12-23)15-16-25-17-20(26)18-30-22-5-3-2-4-6-22;/h2-14,20,25-26H,15-18H2,1H3;1H. The Balaban J connectivity index is 0.00000363. The predicted molar refractivity (Wildman–Crippen MR) is 127 cm³/mol. The van der Waals surface area contributed by atoms with Gasteiger partial charge in [-0.15, -0.1) is 12.4 Å². The van der Waals surface area contributed by atoms with Gasteiger partial charge in [0, 0.05) is 6.54 Å². The summed E-state index contributed by atoms with van der Waals surface area (Å²) >= 11 is 0. The molecular formula is C24H28ClNO5S. The van der Waals surface area contributed by atoms with Crippen molar-refractivity contribution in [1.82, 2.24) is 5.32 Å². The lowest BCUT2D eigenvalue weighted by Crippen LogP contribution is -2.32. The second-order valence-corrected chi connectivity index (χ2v) is 9.00. The van der Waals surface area contributed by atoms with E-state index < -0.39 is 15.9 Å². The van der Waals surface area contributed by atoms with E-state index in [0.29, 0.717) is 18.8 Å². The minimum Gasteiger partial charge on any atom is -0.497 e. The maximum Gasteiger partial charge on any atom is 0.206 e. The van der Waals surface area contributed by atoms with Crippen LogP contribution >= 0.6 is 12.4 Å². The van der Waals surface area contributed by atoms with Crippen LogP contribution < -0.4 is 14.8 Å². The minimum atomic E-state index is -3.56. The van der Waals surface area contributed by atoms with Crippen LogP contribution in [-0.4, -0.2) is 46.4 Å². The largest absolute Gasteiger partial charge is 0.497 e. The Kier molecular flexibility index (Phi) is 9.99. The Morgan fingerprint density at radius 2 is 1.47 bits per heavy atom. The number of benzene rings is 3. The highest BCUT2D eigenvalue weighted by atomic mass is 35.5. The van der Waals surface area contributed by atoms with Gasteiger partial charge in [0.25, 0.3) is 0 Å². The summed E-state index contributed by atoms with van der Waals surface area (Å²) in [6, 6.07) is 22.6. The van der Waals surface area contributed by atoms with Crippen LogP contribution in [0.4, 0.5) is 0 Å². The zero-order chi connectivity index (χ0) is 22.1. The lowest BCUT2D eigenvalue weighted by molar-refractivity contribution is 0.106. The van der Waals surface area contributed by atoms with Gasteiger partial charge in [-0.2, -0.15) is 0 Å². The van der Waals surface area contributed by atoms with E-state index in [4.69, 9.17) is 9.47 Å². The molecule has 32 heavy (non-hydrogen) atoms. The average molecular weight is 478 g/mol. The van der Waals surface area contributed by atoms with Crippen molar-refractivity contribution < 1.29 is 23.0 Å². The molecule has 0 amide bonds. The molecule has 0 aromatic heterocycles. The van der Waals surface area contributed by atoms with Crippen LogP contribution in [0.15, 0.2) is 88.7 Å². The molecule has 3 aromatic carbocycles. The summed E-state index contributed by atoms with van der Waals surface area (Å²) in [5, 5.41) is 13.2. The van der Waals surface area contributed by atoms with E-state index in [2.05, 4.69) is 5.32 Å². The number of nitrogens with one attached hydrogen (secondary N) is 1. The normalized spacial score (nSPS) is 11.9. The Hall–Kier alpha value is -2.58. The number of halogens is 1. The van der Waals surface area contributed by atoms with Gasteiger partial charge in [-0.1, -0.05) is 30.3 Å². The molecule has 0 fully saturated rings. The number of aliphatic hydroxyl groups excluding tert-OH is 1. The van der Waals surface area contributed by atoms with Crippen molar-refractivity contribution >= 4 is 22.2 Å². The van der Waals surface area contributed by atoms with Crippen LogP contribution in [0.5, 0.6) is 11.5 Å². The molecule has 0 aliphatic carbocycles. The minimum absolute atomic E-state index is 0. The predicted octanol–water partition coefficient (Wildman–Crippen LogP) is 3.52. The van der Waals surface area contributed by atoms with Gasteiger partial charge in [0.05, 0.1) is 16.9 Å². The van der Waals surface area contributed by atoms with Crippen LogP contribution in [0.2, 0.25) is 0 Å². The zero-order valence-corrected chi connectivity index (χ0v) is 19.4. The molecule has 1 atom stereocenters. The van der Waals surface area contributed by atoms with E-state index >= 15 is 0 Å². The van der Waals surface area contributed by atoms with E-state index in [1.165, 1.54) is 7.11 Å². The third-order valence-corrected chi connectivity index (χ3v) is 6.54. The molecule has 0 aliphatic heterocycles. The van der Waals surface area contributed by atoms with Crippen LogP contribution in [0.25, 0.3) is 0 Å². The number of hydrogen-bond acceptors (Lipinski definition) is 6. The van der Waals surface area contributed by atoms with E-state index in [0.717, 1.165) is 17.7 Å². The van der Waals surface area contributed by atoms with Gasteiger partial charge in [0.1, 0.15) is 24.2 Å². The van der Waals surface area contributed by atoms with Gasteiger partial charge in [0.15, 0.2) is 0 Å². The lowest BCUT2D eigenvalue weighted by atomic mass is 10.1. The van der Waals surface area contributed by atoms with E-state index in [9.17, 15) is 13.5 Å². The highest BCUT2D eigenvalue weighted by Crippen LogP contribution is 2.23.